The molecule has 0 fully saturated rings. The summed E-state index contributed by atoms with van der Waals surface area (Å²) < 4.78 is 1.42. The number of anilines is 2. The predicted octanol–water partition coefficient (Wildman–Crippen LogP) is 4.33. The van der Waals surface area contributed by atoms with Crippen LogP contribution in [0.15, 0.2) is 6.07 Å². The van der Waals surface area contributed by atoms with Gasteiger partial charge in [0.05, 0.1) is 8.67 Å². The van der Waals surface area contributed by atoms with Crippen molar-refractivity contribution >= 4 is 52.3 Å². The Morgan fingerprint density at radius 2 is 2.00 bits per heavy atom. The predicted molar refractivity (Wildman–Crippen MR) is 99.2 cm³/mol. The number of aryl methyl sites for hydroxylation is 2. The summed E-state index contributed by atoms with van der Waals surface area (Å²) in [5.74, 6) is 1.11. The molecule has 0 saturated heterocycles. The summed E-state index contributed by atoms with van der Waals surface area (Å²) >= 11 is 13.5. The summed E-state index contributed by atoms with van der Waals surface area (Å²) in [6, 6.07) is 2.02. The van der Waals surface area contributed by atoms with Gasteiger partial charge in [0, 0.05) is 12.5 Å². The van der Waals surface area contributed by atoms with Gasteiger partial charge in [0.1, 0.15) is 5.82 Å². The van der Waals surface area contributed by atoms with Crippen LogP contribution in [0.25, 0.3) is 0 Å². The van der Waals surface area contributed by atoms with Crippen LogP contribution < -0.4 is 10.6 Å². The van der Waals surface area contributed by atoms with E-state index in [0.717, 1.165) is 22.7 Å². The molecule has 0 radical (unpaired) electrons. The molecule has 2 rings (SSSR count). The second-order valence-electron chi connectivity index (χ2n) is 5.37. The highest BCUT2D eigenvalue weighted by atomic mass is 35.5. The van der Waals surface area contributed by atoms with Crippen molar-refractivity contribution in [3.8, 4) is 0 Å². The van der Waals surface area contributed by atoms with E-state index in [9.17, 15) is 4.79 Å². The fraction of sp³-hybridized carbons (Fsp3) is 0.467. The van der Waals surface area contributed by atoms with Crippen molar-refractivity contribution < 1.29 is 4.79 Å². The number of aromatic nitrogens is 3. The topological polar surface area (TPSA) is 79.8 Å². The van der Waals surface area contributed by atoms with E-state index in [2.05, 4.69) is 25.6 Å². The van der Waals surface area contributed by atoms with Gasteiger partial charge in [0.2, 0.25) is 17.8 Å². The minimum absolute atomic E-state index is 0.122. The second kappa shape index (κ2) is 8.60. The maximum Gasteiger partial charge on any atom is 0.234 e. The van der Waals surface area contributed by atoms with Crippen LogP contribution in [0.3, 0.4) is 0 Å². The van der Waals surface area contributed by atoms with Crippen molar-refractivity contribution in [3.63, 3.8) is 0 Å². The average Bonchev–Trinajstić information content (AvgIpc) is 2.82. The molecular formula is C15H19Cl2N5OS. The molecule has 6 nitrogen and oxygen atoms in total. The van der Waals surface area contributed by atoms with Crippen molar-refractivity contribution in [2.45, 2.75) is 46.1 Å². The van der Waals surface area contributed by atoms with Gasteiger partial charge in [0.15, 0.2) is 0 Å². The van der Waals surface area contributed by atoms with Crippen LogP contribution >= 0.6 is 34.5 Å². The fourth-order valence-corrected chi connectivity index (χ4v) is 3.57. The number of carbonyl (C=O) groups is 1. The first-order valence-corrected chi connectivity index (χ1v) is 9.17. The molecule has 0 aliphatic carbocycles. The third kappa shape index (κ3) is 5.58. The van der Waals surface area contributed by atoms with Crippen LogP contribution in [-0.4, -0.2) is 26.9 Å². The summed E-state index contributed by atoms with van der Waals surface area (Å²) in [6.45, 7) is 5.56. The van der Waals surface area contributed by atoms with Gasteiger partial charge in [-0.1, -0.05) is 30.1 Å². The number of nitrogens with one attached hydrogen (secondary N) is 2. The van der Waals surface area contributed by atoms with E-state index in [4.69, 9.17) is 23.2 Å². The molecule has 130 valence electrons. The van der Waals surface area contributed by atoms with Crippen LogP contribution in [0.1, 0.15) is 38.1 Å². The Morgan fingerprint density at radius 3 is 2.62 bits per heavy atom. The van der Waals surface area contributed by atoms with Gasteiger partial charge in [-0.25, -0.2) is 0 Å². The van der Waals surface area contributed by atoms with E-state index in [1.807, 2.05) is 13.0 Å². The lowest BCUT2D eigenvalue weighted by atomic mass is 10.1. The summed E-state index contributed by atoms with van der Waals surface area (Å²) in [5, 5.41) is 5.87. The minimum atomic E-state index is -0.136. The molecule has 24 heavy (non-hydrogen) atoms. The number of hydrogen-bond donors (Lipinski definition) is 2. The van der Waals surface area contributed by atoms with Crippen molar-refractivity contribution in [1.82, 2.24) is 15.0 Å². The molecule has 0 aliphatic heterocycles. The van der Waals surface area contributed by atoms with Crippen LogP contribution in [0.5, 0.6) is 0 Å². The number of halogens is 2. The highest BCUT2D eigenvalue weighted by Crippen LogP contribution is 2.32. The largest absolute Gasteiger partial charge is 0.352 e. The summed E-state index contributed by atoms with van der Waals surface area (Å²) in [7, 11) is 0. The van der Waals surface area contributed by atoms with E-state index >= 15 is 0 Å². The first kappa shape index (κ1) is 18.9. The molecule has 2 aromatic rings. The molecule has 9 heteroatoms. The fourth-order valence-electron chi connectivity index (χ4n) is 2.02. The molecule has 2 N–H and O–H groups in total. The second-order valence-corrected chi connectivity index (χ2v) is 7.65. The van der Waals surface area contributed by atoms with Gasteiger partial charge < -0.3 is 5.32 Å². The van der Waals surface area contributed by atoms with Gasteiger partial charge in [0.25, 0.3) is 0 Å². The molecule has 0 aromatic carbocycles. The number of carbonyl (C=O) groups excluding carboxylic acids is 1. The van der Waals surface area contributed by atoms with Crippen molar-refractivity contribution in [2.24, 2.45) is 0 Å². The van der Waals surface area contributed by atoms with Gasteiger partial charge in [-0.2, -0.15) is 15.0 Å². The van der Waals surface area contributed by atoms with E-state index in [1.165, 1.54) is 11.3 Å². The normalized spacial score (nSPS) is 12.0. The summed E-state index contributed by atoms with van der Waals surface area (Å²) in [6.07, 6.45) is 2.02. The maximum atomic E-state index is 11.5. The molecule has 2 heterocycles. The standard InChI is InChI=1S/C15H19Cl2N5OS/c1-4-12(23)21-15-20-9(3)19-14(22-15)18-8(2)5-6-10-7-11(16)24-13(10)17/h7-8H,4-6H2,1-3H3,(H2,18,19,20,21,22,23). The smallest absolute Gasteiger partial charge is 0.234 e. The quantitative estimate of drug-likeness (QED) is 0.738. The van der Waals surface area contributed by atoms with E-state index in [-0.39, 0.29) is 17.9 Å². The minimum Gasteiger partial charge on any atom is -0.352 e. The first-order chi connectivity index (χ1) is 11.4. The van der Waals surface area contributed by atoms with Crippen LogP contribution in [0.2, 0.25) is 8.67 Å². The number of thiophene rings is 1. The summed E-state index contributed by atoms with van der Waals surface area (Å²) in [4.78, 5) is 24.1. The highest BCUT2D eigenvalue weighted by Gasteiger charge is 2.11. The monoisotopic (exact) mass is 387 g/mol. The zero-order valence-electron chi connectivity index (χ0n) is 13.7. The van der Waals surface area contributed by atoms with Crippen molar-refractivity contribution in [1.29, 1.82) is 0 Å². The zero-order valence-corrected chi connectivity index (χ0v) is 16.0. The molecule has 0 aliphatic rings. The van der Waals surface area contributed by atoms with E-state index in [1.54, 1.807) is 13.8 Å². The Morgan fingerprint density at radius 1 is 1.29 bits per heavy atom. The SMILES string of the molecule is CCC(=O)Nc1nc(C)nc(NC(C)CCc2cc(Cl)sc2Cl)n1. The molecule has 1 amide bonds. The van der Waals surface area contributed by atoms with E-state index in [0.29, 0.717) is 22.5 Å². The lowest BCUT2D eigenvalue weighted by Gasteiger charge is -2.14. The molecule has 0 bridgehead atoms. The third-order valence-electron chi connectivity index (χ3n) is 3.27. The van der Waals surface area contributed by atoms with Crippen LogP contribution in [0, 0.1) is 6.92 Å². The Bertz CT molecular complexity index is 722. The van der Waals surface area contributed by atoms with Gasteiger partial charge in [-0.3, -0.25) is 10.1 Å². The zero-order chi connectivity index (χ0) is 17.7. The molecule has 1 atom stereocenters. The van der Waals surface area contributed by atoms with Crippen LogP contribution in [-0.2, 0) is 11.2 Å². The first-order valence-electron chi connectivity index (χ1n) is 7.60. The molecule has 0 spiro atoms. The Labute approximate surface area is 155 Å². The number of hydrogen-bond acceptors (Lipinski definition) is 6. The van der Waals surface area contributed by atoms with Gasteiger partial charge in [-0.15, -0.1) is 11.3 Å². The lowest BCUT2D eigenvalue weighted by Crippen LogP contribution is -2.20. The number of amides is 1. The van der Waals surface area contributed by atoms with E-state index < -0.39 is 0 Å². The third-order valence-corrected chi connectivity index (χ3v) is 4.84. The van der Waals surface area contributed by atoms with Crippen molar-refractivity contribution in [3.05, 3.63) is 26.1 Å². The molecule has 0 saturated carbocycles. The summed E-state index contributed by atoms with van der Waals surface area (Å²) in [5.41, 5.74) is 1.04. The highest BCUT2D eigenvalue weighted by molar-refractivity contribution is 7.20. The number of rotatable bonds is 7. The Balaban J connectivity index is 1.96. The Kier molecular flexibility index (Phi) is 6.77. The Hall–Kier alpha value is -1.44. The molecule has 2 aromatic heterocycles. The van der Waals surface area contributed by atoms with Gasteiger partial charge in [-0.05, 0) is 38.3 Å². The van der Waals surface area contributed by atoms with Crippen molar-refractivity contribution in [2.75, 3.05) is 10.6 Å². The van der Waals surface area contributed by atoms with Gasteiger partial charge >= 0.3 is 0 Å². The number of nitrogens with zero attached hydrogens (tertiary/aromatic N) is 3. The lowest BCUT2D eigenvalue weighted by molar-refractivity contribution is -0.115. The molecule has 1 unspecified atom stereocenters. The average molecular weight is 388 g/mol. The molecular weight excluding hydrogens is 369 g/mol. The van der Waals surface area contributed by atoms with Crippen LogP contribution in [0.4, 0.5) is 11.9 Å². The maximum absolute atomic E-state index is 11.5.